The largest absolute Gasteiger partial charge is 0.479 e. The first-order valence-corrected chi connectivity index (χ1v) is 10.8. The maximum Gasteiger partial charge on any atom is 0.266 e. The summed E-state index contributed by atoms with van der Waals surface area (Å²) >= 11 is 12.1. The number of anilines is 1. The summed E-state index contributed by atoms with van der Waals surface area (Å²) in [7, 11) is 0. The SMILES string of the molecule is Cc1cc(NC(=O)C(C)Oc2ccc(Cl)cc2Cl)n(-c2cc(C)c3cccc(C)c3n2)n1. The number of pyridine rings is 1. The van der Waals surface area contributed by atoms with Crippen molar-refractivity contribution in [3.8, 4) is 11.6 Å². The summed E-state index contributed by atoms with van der Waals surface area (Å²) < 4.78 is 7.36. The van der Waals surface area contributed by atoms with E-state index in [0.29, 0.717) is 27.4 Å². The van der Waals surface area contributed by atoms with Crippen LogP contribution >= 0.6 is 23.2 Å². The molecule has 0 bridgehead atoms. The van der Waals surface area contributed by atoms with Gasteiger partial charge in [0.1, 0.15) is 11.6 Å². The Hall–Kier alpha value is -3.09. The average Bonchev–Trinajstić information content (AvgIpc) is 3.10. The van der Waals surface area contributed by atoms with Gasteiger partial charge in [-0.3, -0.25) is 4.79 Å². The maximum absolute atomic E-state index is 12.9. The van der Waals surface area contributed by atoms with E-state index < -0.39 is 6.10 Å². The van der Waals surface area contributed by atoms with Crippen molar-refractivity contribution in [1.29, 1.82) is 0 Å². The van der Waals surface area contributed by atoms with Crippen LogP contribution in [0.4, 0.5) is 5.82 Å². The summed E-state index contributed by atoms with van der Waals surface area (Å²) in [6.07, 6.45) is -0.800. The number of fused-ring (bicyclic) bond motifs is 1. The molecule has 2 heterocycles. The third-order valence-electron chi connectivity index (χ3n) is 5.10. The molecule has 1 unspecified atom stereocenters. The average molecular weight is 469 g/mol. The highest BCUT2D eigenvalue weighted by molar-refractivity contribution is 6.35. The molecule has 4 aromatic rings. The van der Waals surface area contributed by atoms with Gasteiger partial charge < -0.3 is 10.1 Å². The fraction of sp³-hybridized carbons (Fsp3) is 0.208. The van der Waals surface area contributed by atoms with Gasteiger partial charge in [-0.15, -0.1) is 0 Å². The Morgan fingerprint density at radius 2 is 1.84 bits per heavy atom. The van der Waals surface area contributed by atoms with Gasteiger partial charge in [-0.2, -0.15) is 9.78 Å². The van der Waals surface area contributed by atoms with Gasteiger partial charge in [0.2, 0.25) is 0 Å². The number of nitrogens with zero attached hydrogens (tertiary/aromatic N) is 3. The lowest BCUT2D eigenvalue weighted by Crippen LogP contribution is -2.31. The first-order valence-electron chi connectivity index (χ1n) is 10.1. The van der Waals surface area contributed by atoms with Crippen molar-refractivity contribution in [2.24, 2.45) is 0 Å². The van der Waals surface area contributed by atoms with E-state index in [1.165, 1.54) is 0 Å². The van der Waals surface area contributed by atoms with Crippen LogP contribution in [-0.2, 0) is 4.79 Å². The van der Waals surface area contributed by atoms with Gasteiger partial charge in [0.25, 0.3) is 5.91 Å². The predicted molar refractivity (Wildman–Crippen MR) is 128 cm³/mol. The van der Waals surface area contributed by atoms with Gasteiger partial charge in [-0.05, 0) is 63.1 Å². The van der Waals surface area contributed by atoms with Gasteiger partial charge in [0, 0.05) is 16.5 Å². The number of carbonyl (C=O) groups is 1. The summed E-state index contributed by atoms with van der Waals surface area (Å²) in [6.45, 7) is 7.57. The number of ether oxygens (including phenoxy) is 1. The number of nitrogens with one attached hydrogen (secondary N) is 1. The molecule has 2 aromatic heterocycles. The van der Waals surface area contributed by atoms with Crippen LogP contribution in [0.25, 0.3) is 16.7 Å². The number of hydrogen-bond acceptors (Lipinski definition) is 4. The molecule has 0 aliphatic carbocycles. The number of rotatable bonds is 5. The molecular weight excluding hydrogens is 447 g/mol. The lowest BCUT2D eigenvalue weighted by Gasteiger charge is -2.16. The normalized spacial score (nSPS) is 12.1. The zero-order valence-corrected chi connectivity index (χ0v) is 19.6. The maximum atomic E-state index is 12.9. The summed E-state index contributed by atoms with van der Waals surface area (Å²) in [5, 5.41) is 9.35. The van der Waals surface area contributed by atoms with E-state index in [4.69, 9.17) is 32.9 Å². The molecule has 0 fully saturated rings. The zero-order chi connectivity index (χ0) is 23.0. The van der Waals surface area contributed by atoms with Crippen LogP contribution in [0.5, 0.6) is 5.75 Å². The summed E-state index contributed by atoms with van der Waals surface area (Å²) in [6, 6.07) is 14.7. The monoisotopic (exact) mass is 468 g/mol. The first-order chi connectivity index (χ1) is 15.2. The van der Waals surface area contributed by atoms with Crippen LogP contribution in [0.15, 0.2) is 48.5 Å². The van der Waals surface area contributed by atoms with E-state index in [1.807, 2.05) is 45.0 Å². The minimum Gasteiger partial charge on any atom is -0.479 e. The van der Waals surface area contributed by atoms with Crippen molar-refractivity contribution in [1.82, 2.24) is 14.8 Å². The highest BCUT2D eigenvalue weighted by Gasteiger charge is 2.20. The van der Waals surface area contributed by atoms with Gasteiger partial charge in [-0.25, -0.2) is 4.98 Å². The number of carbonyl (C=O) groups excluding carboxylic acids is 1. The molecule has 4 rings (SSSR count). The third-order valence-corrected chi connectivity index (χ3v) is 5.63. The third kappa shape index (κ3) is 4.42. The number of aryl methyl sites for hydroxylation is 3. The van der Waals surface area contributed by atoms with Crippen LogP contribution in [0, 0.1) is 20.8 Å². The molecule has 0 spiro atoms. The van der Waals surface area contributed by atoms with Crippen LogP contribution in [-0.4, -0.2) is 26.8 Å². The van der Waals surface area contributed by atoms with E-state index in [-0.39, 0.29) is 5.91 Å². The highest BCUT2D eigenvalue weighted by atomic mass is 35.5. The van der Waals surface area contributed by atoms with Crippen molar-refractivity contribution in [3.05, 3.63) is 75.4 Å². The molecule has 0 saturated heterocycles. The molecule has 8 heteroatoms. The van der Waals surface area contributed by atoms with E-state index in [2.05, 4.69) is 10.4 Å². The topological polar surface area (TPSA) is 69.0 Å². The quantitative estimate of drug-likeness (QED) is 0.386. The number of hydrogen-bond donors (Lipinski definition) is 1. The fourth-order valence-corrected chi connectivity index (χ4v) is 3.91. The van der Waals surface area contributed by atoms with Crippen molar-refractivity contribution < 1.29 is 9.53 Å². The minimum absolute atomic E-state index is 0.337. The van der Waals surface area contributed by atoms with Gasteiger partial charge in [0.15, 0.2) is 11.9 Å². The van der Waals surface area contributed by atoms with E-state index in [0.717, 1.165) is 27.7 Å². The van der Waals surface area contributed by atoms with Crippen LogP contribution < -0.4 is 10.1 Å². The first kappa shape index (κ1) is 22.1. The van der Waals surface area contributed by atoms with Crippen LogP contribution in [0.2, 0.25) is 10.0 Å². The Kier molecular flexibility index (Phi) is 6.09. The fourth-order valence-electron chi connectivity index (χ4n) is 3.46. The number of aromatic nitrogens is 3. The van der Waals surface area contributed by atoms with Crippen molar-refractivity contribution >= 4 is 45.8 Å². The van der Waals surface area contributed by atoms with Crippen molar-refractivity contribution in [2.45, 2.75) is 33.8 Å². The number of halogens is 2. The lowest BCUT2D eigenvalue weighted by atomic mass is 10.1. The van der Waals surface area contributed by atoms with Crippen molar-refractivity contribution in [2.75, 3.05) is 5.32 Å². The predicted octanol–water partition coefficient (Wildman–Crippen LogP) is 6.06. The number of para-hydroxylation sites is 1. The minimum atomic E-state index is -0.800. The molecule has 1 amide bonds. The second-order valence-electron chi connectivity index (χ2n) is 7.68. The molecule has 1 atom stereocenters. The molecule has 2 aromatic carbocycles. The van der Waals surface area contributed by atoms with E-state index in [1.54, 1.807) is 35.9 Å². The molecular formula is C24H22Cl2N4O2. The second-order valence-corrected chi connectivity index (χ2v) is 8.52. The Bertz CT molecular complexity index is 1330. The number of amides is 1. The zero-order valence-electron chi connectivity index (χ0n) is 18.1. The molecule has 32 heavy (non-hydrogen) atoms. The second kappa shape index (κ2) is 8.81. The Morgan fingerprint density at radius 1 is 1.06 bits per heavy atom. The van der Waals surface area contributed by atoms with Gasteiger partial charge in [0.05, 0.1) is 16.2 Å². The highest BCUT2D eigenvalue weighted by Crippen LogP contribution is 2.29. The summed E-state index contributed by atoms with van der Waals surface area (Å²) in [5.74, 6) is 1.17. The Morgan fingerprint density at radius 3 is 2.59 bits per heavy atom. The lowest BCUT2D eigenvalue weighted by molar-refractivity contribution is -0.122. The molecule has 0 aliphatic rings. The molecule has 164 valence electrons. The Labute approximate surface area is 196 Å². The smallest absolute Gasteiger partial charge is 0.266 e. The van der Waals surface area contributed by atoms with Crippen molar-refractivity contribution in [3.63, 3.8) is 0 Å². The molecule has 0 aliphatic heterocycles. The molecule has 0 radical (unpaired) electrons. The van der Waals surface area contributed by atoms with Crippen LogP contribution in [0.1, 0.15) is 23.7 Å². The number of benzene rings is 2. The van der Waals surface area contributed by atoms with Crippen LogP contribution in [0.3, 0.4) is 0 Å². The van der Waals surface area contributed by atoms with Gasteiger partial charge >= 0.3 is 0 Å². The summed E-state index contributed by atoms with van der Waals surface area (Å²) in [4.78, 5) is 17.7. The summed E-state index contributed by atoms with van der Waals surface area (Å²) in [5.41, 5.74) is 3.80. The Balaban J connectivity index is 1.62. The molecule has 6 nitrogen and oxygen atoms in total. The molecule has 1 N–H and O–H groups in total. The van der Waals surface area contributed by atoms with E-state index in [9.17, 15) is 4.79 Å². The van der Waals surface area contributed by atoms with Gasteiger partial charge in [-0.1, -0.05) is 41.4 Å². The standard InChI is InChI=1S/C24H22Cl2N4O2/c1-13-6-5-7-18-14(2)10-21(27-23(13)18)30-22(11-15(3)29-30)28-24(31)16(4)32-20-9-8-17(25)12-19(20)26/h5-12,16H,1-4H3,(H,28,31). The molecule has 0 saturated carbocycles. The van der Waals surface area contributed by atoms with E-state index >= 15 is 0 Å².